The number of ether oxygens (including phenoxy) is 2. The zero-order valence-corrected chi connectivity index (χ0v) is 19.6. The Kier molecular flexibility index (Phi) is 7.07. The minimum atomic E-state index is -3.62. The lowest BCUT2D eigenvalue weighted by Crippen LogP contribution is -2.41. The van der Waals surface area contributed by atoms with E-state index in [1.54, 1.807) is 11.1 Å². The first kappa shape index (κ1) is 24.0. The summed E-state index contributed by atoms with van der Waals surface area (Å²) in [6.45, 7) is 6.98. The highest BCUT2D eigenvalue weighted by molar-refractivity contribution is 7.90. The lowest BCUT2D eigenvalue weighted by Gasteiger charge is -2.33. The highest BCUT2D eigenvalue weighted by atomic mass is 32.2. The van der Waals surface area contributed by atoms with Gasteiger partial charge in [0.1, 0.15) is 28.7 Å². The van der Waals surface area contributed by atoms with E-state index >= 15 is 0 Å². The molecule has 0 saturated carbocycles. The Morgan fingerprint density at radius 1 is 1.19 bits per heavy atom. The topological polar surface area (TPSA) is 85.8 Å². The fourth-order valence-electron chi connectivity index (χ4n) is 3.51. The Labute approximate surface area is 188 Å². The maximum atomic E-state index is 14.0. The quantitative estimate of drug-likeness (QED) is 0.655. The van der Waals surface area contributed by atoms with Gasteiger partial charge in [0.15, 0.2) is 9.84 Å². The second-order valence-corrected chi connectivity index (χ2v) is 11.0. The second kappa shape index (κ2) is 9.44. The molecule has 0 bridgehead atoms. The number of amides is 1. The summed E-state index contributed by atoms with van der Waals surface area (Å²) in [5.41, 5.74) is 1.27. The van der Waals surface area contributed by atoms with E-state index in [-0.39, 0.29) is 23.3 Å². The Morgan fingerprint density at radius 2 is 1.88 bits per heavy atom. The molecule has 2 heterocycles. The van der Waals surface area contributed by atoms with Gasteiger partial charge in [-0.2, -0.15) is 0 Å². The predicted octanol–water partition coefficient (Wildman–Crippen LogP) is 4.32. The van der Waals surface area contributed by atoms with Crippen LogP contribution in [0.3, 0.4) is 0 Å². The highest BCUT2D eigenvalue weighted by Crippen LogP contribution is 2.28. The molecule has 0 aliphatic carbocycles. The number of pyridine rings is 1. The molecule has 1 fully saturated rings. The summed E-state index contributed by atoms with van der Waals surface area (Å²) in [4.78, 5) is 18.0. The number of halogens is 1. The molecule has 1 saturated heterocycles. The minimum absolute atomic E-state index is 0.134. The molecule has 1 amide bonds. The molecule has 32 heavy (non-hydrogen) atoms. The van der Waals surface area contributed by atoms with Crippen LogP contribution in [-0.4, -0.2) is 49.3 Å². The van der Waals surface area contributed by atoms with Crippen LogP contribution < -0.4 is 4.74 Å². The van der Waals surface area contributed by atoms with E-state index in [9.17, 15) is 17.6 Å². The number of hydrogen-bond donors (Lipinski definition) is 0. The van der Waals surface area contributed by atoms with Gasteiger partial charge in [0.05, 0.1) is 5.69 Å². The first-order chi connectivity index (χ1) is 14.9. The predicted molar refractivity (Wildman–Crippen MR) is 118 cm³/mol. The van der Waals surface area contributed by atoms with Gasteiger partial charge in [0.2, 0.25) is 0 Å². The van der Waals surface area contributed by atoms with E-state index in [4.69, 9.17) is 9.47 Å². The van der Waals surface area contributed by atoms with Gasteiger partial charge in [0, 0.05) is 31.6 Å². The molecule has 0 N–H and O–H groups in total. The smallest absolute Gasteiger partial charge is 0.410 e. The van der Waals surface area contributed by atoms with Crippen LogP contribution >= 0.6 is 0 Å². The van der Waals surface area contributed by atoms with Gasteiger partial charge < -0.3 is 14.4 Å². The van der Waals surface area contributed by atoms with Gasteiger partial charge in [-0.25, -0.2) is 17.6 Å². The van der Waals surface area contributed by atoms with Crippen molar-refractivity contribution in [3.8, 4) is 5.75 Å². The first-order valence-corrected chi connectivity index (χ1v) is 12.4. The molecule has 1 aliphatic heterocycles. The number of likely N-dealkylation sites (tertiary alicyclic amines) is 1. The van der Waals surface area contributed by atoms with Crippen molar-refractivity contribution in [1.82, 2.24) is 9.88 Å². The van der Waals surface area contributed by atoms with Crippen molar-refractivity contribution in [2.75, 3.05) is 19.3 Å². The van der Waals surface area contributed by atoms with Crippen LogP contribution in [0.1, 0.15) is 50.8 Å². The summed E-state index contributed by atoms with van der Waals surface area (Å²) >= 11 is 0. The number of carbonyl (C=O) groups excluding carboxylic acids is 1. The molecule has 0 unspecified atom stereocenters. The van der Waals surface area contributed by atoms with Crippen LogP contribution in [0.4, 0.5) is 9.18 Å². The summed E-state index contributed by atoms with van der Waals surface area (Å²) in [7, 11) is -3.62. The number of nitrogens with zero attached hydrogens (tertiary/aromatic N) is 2. The van der Waals surface area contributed by atoms with E-state index in [0.717, 1.165) is 30.7 Å². The number of piperidine rings is 1. The van der Waals surface area contributed by atoms with E-state index in [2.05, 4.69) is 4.98 Å². The first-order valence-electron chi connectivity index (χ1n) is 10.5. The molecule has 1 aromatic carbocycles. The van der Waals surface area contributed by atoms with Crippen LogP contribution in [0.25, 0.3) is 0 Å². The molecule has 1 aromatic heterocycles. The van der Waals surface area contributed by atoms with Gasteiger partial charge in [-0.1, -0.05) is 6.07 Å². The summed E-state index contributed by atoms with van der Waals surface area (Å²) in [5.74, 6) is -0.296. The van der Waals surface area contributed by atoms with Crippen molar-refractivity contribution >= 4 is 15.9 Å². The van der Waals surface area contributed by atoms with Crippen LogP contribution in [-0.2, 0) is 21.2 Å². The minimum Gasteiger partial charge on any atom is -0.487 e. The largest absolute Gasteiger partial charge is 0.487 e. The average molecular weight is 465 g/mol. The third-order valence-corrected chi connectivity index (χ3v) is 6.29. The van der Waals surface area contributed by atoms with Crippen molar-refractivity contribution in [3.05, 3.63) is 53.6 Å². The molecule has 3 rings (SSSR count). The standard InChI is InChI=1S/C23H29FN2O5S/c1-23(2,3)31-22(27)26-11-9-16(10-12-26)17-5-6-18(25-14-17)15-30-19-7-8-21(20(24)13-19)32(4,28)29/h5-8,13-14,16H,9-12,15H2,1-4H3. The molecule has 1 aliphatic rings. The van der Waals surface area contributed by atoms with E-state index in [1.165, 1.54) is 12.1 Å². The van der Waals surface area contributed by atoms with Gasteiger partial charge in [-0.3, -0.25) is 4.98 Å². The molecule has 0 spiro atoms. The lowest BCUT2D eigenvalue weighted by atomic mass is 9.90. The summed E-state index contributed by atoms with van der Waals surface area (Å²) in [6, 6.07) is 7.53. The summed E-state index contributed by atoms with van der Waals surface area (Å²) in [6.07, 6.45) is 4.16. The third-order valence-electron chi connectivity index (χ3n) is 5.16. The maximum Gasteiger partial charge on any atom is 0.410 e. The van der Waals surface area contributed by atoms with E-state index < -0.39 is 21.3 Å². The number of benzene rings is 1. The summed E-state index contributed by atoms with van der Waals surface area (Å²) in [5, 5.41) is 0. The SMILES string of the molecule is CC(C)(C)OC(=O)N1CCC(c2ccc(COc3ccc(S(C)(=O)=O)c(F)c3)nc2)CC1. The van der Waals surface area contributed by atoms with Crippen molar-refractivity contribution < 1.29 is 27.1 Å². The molecular formula is C23H29FN2O5S. The van der Waals surface area contributed by atoms with Crippen molar-refractivity contribution in [2.45, 2.75) is 56.6 Å². The van der Waals surface area contributed by atoms with Gasteiger partial charge >= 0.3 is 6.09 Å². The van der Waals surface area contributed by atoms with Gasteiger partial charge in [0.25, 0.3) is 0 Å². The van der Waals surface area contributed by atoms with Crippen LogP contribution in [0.2, 0.25) is 0 Å². The fraction of sp³-hybridized carbons (Fsp3) is 0.478. The zero-order chi connectivity index (χ0) is 23.5. The highest BCUT2D eigenvalue weighted by Gasteiger charge is 2.27. The Hall–Kier alpha value is -2.68. The van der Waals surface area contributed by atoms with Crippen molar-refractivity contribution in [1.29, 1.82) is 0 Å². The monoisotopic (exact) mass is 464 g/mol. The molecule has 174 valence electrons. The lowest BCUT2D eigenvalue weighted by molar-refractivity contribution is 0.0204. The number of carbonyl (C=O) groups is 1. The van der Waals surface area contributed by atoms with Gasteiger partial charge in [-0.15, -0.1) is 0 Å². The van der Waals surface area contributed by atoms with Crippen LogP contribution in [0.5, 0.6) is 5.75 Å². The molecule has 2 aromatic rings. The van der Waals surface area contributed by atoms with E-state index in [1.807, 2.05) is 32.9 Å². The Bertz CT molecular complexity index is 1060. The number of rotatable bonds is 5. The molecule has 0 atom stereocenters. The van der Waals surface area contributed by atoms with E-state index in [0.29, 0.717) is 24.7 Å². The fourth-order valence-corrected chi connectivity index (χ4v) is 4.24. The second-order valence-electron chi connectivity index (χ2n) is 8.98. The number of sulfone groups is 1. The molecule has 0 radical (unpaired) electrons. The normalized spacial score (nSPS) is 15.5. The van der Waals surface area contributed by atoms with Gasteiger partial charge in [-0.05, 0) is 63.3 Å². The molecular weight excluding hydrogens is 435 g/mol. The van der Waals surface area contributed by atoms with Crippen LogP contribution in [0, 0.1) is 5.82 Å². The van der Waals surface area contributed by atoms with Crippen LogP contribution in [0.15, 0.2) is 41.4 Å². The number of aromatic nitrogens is 1. The molecule has 7 nitrogen and oxygen atoms in total. The summed E-state index contributed by atoms with van der Waals surface area (Å²) < 4.78 is 48.0. The van der Waals surface area contributed by atoms with Crippen molar-refractivity contribution in [2.24, 2.45) is 0 Å². The average Bonchev–Trinajstić information content (AvgIpc) is 2.70. The van der Waals surface area contributed by atoms with Crippen molar-refractivity contribution in [3.63, 3.8) is 0 Å². The molecule has 9 heteroatoms. The Morgan fingerprint density at radius 3 is 2.41 bits per heavy atom. The third kappa shape index (κ3) is 6.41. The Balaban J connectivity index is 1.53. The number of hydrogen-bond acceptors (Lipinski definition) is 6. The zero-order valence-electron chi connectivity index (χ0n) is 18.8. The maximum absolute atomic E-state index is 14.0.